The number of carboxylic acid groups (broad SMARTS) is 1. The van der Waals surface area contributed by atoms with Crippen LogP contribution in [0.5, 0.6) is 5.75 Å². The molecule has 5 heteroatoms. The highest BCUT2D eigenvalue weighted by Gasteiger charge is 2.30. The van der Waals surface area contributed by atoms with Crippen molar-refractivity contribution >= 4 is 17.6 Å². The van der Waals surface area contributed by atoms with Crippen LogP contribution in [-0.2, 0) is 16.0 Å². The van der Waals surface area contributed by atoms with Crippen LogP contribution in [0.1, 0.15) is 19.4 Å². The SMILES string of the molecule is CC(=O)Oc1ccc2c(c1)NC(C)C(C(=O)O)C2. The lowest BCUT2D eigenvalue weighted by Crippen LogP contribution is -2.37. The van der Waals surface area contributed by atoms with E-state index in [1.54, 1.807) is 18.2 Å². The maximum Gasteiger partial charge on any atom is 0.308 e. The second kappa shape index (κ2) is 4.68. The Hall–Kier alpha value is -2.04. The van der Waals surface area contributed by atoms with Gasteiger partial charge in [-0.05, 0) is 25.0 Å². The van der Waals surface area contributed by atoms with Crippen LogP contribution >= 0.6 is 0 Å². The molecule has 2 N–H and O–H groups in total. The molecular formula is C13H15NO4. The van der Waals surface area contributed by atoms with Crippen LogP contribution in [0.3, 0.4) is 0 Å². The van der Waals surface area contributed by atoms with Gasteiger partial charge in [-0.1, -0.05) is 6.07 Å². The molecule has 96 valence electrons. The fraction of sp³-hybridized carbons (Fsp3) is 0.385. The topological polar surface area (TPSA) is 75.6 Å². The van der Waals surface area contributed by atoms with Gasteiger partial charge in [-0.3, -0.25) is 9.59 Å². The smallest absolute Gasteiger partial charge is 0.308 e. The Morgan fingerprint density at radius 3 is 2.78 bits per heavy atom. The van der Waals surface area contributed by atoms with Gasteiger partial charge in [0, 0.05) is 24.7 Å². The van der Waals surface area contributed by atoms with Gasteiger partial charge in [-0.25, -0.2) is 0 Å². The first-order chi connectivity index (χ1) is 8.47. The van der Waals surface area contributed by atoms with E-state index in [2.05, 4.69) is 5.32 Å². The number of anilines is 1. The van der Waals surface area contributed by atoms with Crippen molar-refractivity contribution in [2.45, 2.75) is 26.3 Å². The number of hydrogen-bond acceptors (Lipinski definition) is 4. The largest absolute Gasteiger partial charge is 0.481 e. The van der Waals surface area contributed by atoms with Crippen LogP contribution in [0.2, 0.25) is 0 Å². The van der Waals surface area contributed by atoms with E-state index in [0.29, 0.717) is 12.2 Å². The second-order valence-corrected chi connectivity index (χ2v) is 4.49. The van der Waals surface area contributed by atoms with Crippen molar-refractivity contribution in [3.8, 4) is 5.75 Å². The van der Waals surface area contributed by atoms with Crippen molar-refractivity contribution in [2.24, 2.45) is 5.92 Å². The van der Waals surface area contributed by atoms with Crippen LogP contribution in [0, 0.1) is 5.92 Å². The van der Waals surface area contributed by atoms with Crippen LogP contribution in [-0.4, -0.2) is 23.1 Å². The van der Waals surface area contributed by atoms with Crippen molar-refractivity contribution in [1.82, 2.24) is 0 Å². The van der Waals surface area contributed by atoms with Gasteiger partial charge < -0.3 is 15.2 Å². The normalized spacial score (nSPS) is 21.7. The maximum atomic E-state index is 11.1. The predicted octanol–water partition coefficient (Wildman–Crippen LogP) is 1.67. The highest BCUT2D eigenvalue weighted by molar-refractivity contribution is 5.75. The standard InChI is InChI=1S/C13H15NO4/c1-7-11(13(16)17)5-9-3-4-10(18-8(2)15)6-12(9)14-7/h3-4,6-7,11,14H,5H2,1-2H3,(H,16,17). The maximum absolute atomic E-state index is 11.1. The molecule has 18 heavy (non-hydrogen) atoms. The first kappa shape index (κ1) is 12.4. The summed E-state index contributed by atoms with van der Waals surface area (Å²) >= 11 is 0. The summed E-state index contributed by atoms with van der Waals surface area (Å²) in [7, 11) is 0. The van der Waals surface area contributed by atoms with Gasteiger partial charge in [0.1, 0.15) is 5.75 Å². The third kappa shape index (κ3) is 2.45. The Kier molecular flexibility index (Phi) is 3.23. The molecule has 1 heterocycles. The Balaban J connectivity index is 2.26. The molecule has 0 spiro atoms. The number of aliphatic carboxylic acids is 1. The van der Waals surface area contributed by atoms with E-state index in [0.717, 1.165) is 11.3 Å². The zero-order valence-corrected chi connectivity index (χ0v) is 10.3. The molecule has 2 unspecified atom stereocenters. The monoisotopic (exact) mass is 249 g/mol. The molecule has 0 amide bonds. The number of carbonyl (C=O) groups is 2. The Morgan fingerprint density at radius 2 is 2.17 bits per heavy atom. The van der Waals surface area contributed by atoms with Crippen LogP contribution in [0.4, 0.5) is 5.69 Å². The summed E-state index contributed by atoms with van der Waals surface area (Å²) in [4.78, 5) is 21.9. The van der Waals surface area contributed by atoms with E-state index in [4.69, 9.17) is 9.84 Å². The quantitative estimate of drug-likeness (QED) is 0.616. The van der Waals surface area contributed by atoms with E-state index in [1.807, 2.05) is 6.92 Å². The summed E-state index contributed by atoms with van der Waals surface area (Å²) < 4.78 is 4.99. The number of esters is 1. The highest BCUT2D eigenvalue weighted by Crippen LogP contribution is 2.31. The van der Waals surface area contributed by atoms with Crippen LogP contribution < -0.4 is 10.1 Å². The lowest BCUT2D eigenvalue weighted by Gasteiger charge is -2.30. The van der Waals surface area contributed by atoms with Gasteiger partial charge in [0.2, 0.25) is 0 Å². The van der Waals surface area contributed by atoms with Crippen molar-refractivity contribution < 1.29 is 19.4 Å². The summed E-state index contributed by atoms with van der Waals surface area (Å²) in [5, 5.41) is 12.2. The average Bonchev–Trinajstić information content (AvgIpc) is 2.26. The minimum atomic E-state index is -0.801. The number of carboxylic acids is 1. The van der Waals surface area contributed by atoms with Crippen LogP contribution in [0.25, 0.3) is 0 Å². The molecule has 0 aliphatic carbocycles. The lowest BCUT2D eigenvalue weighted by molar-refractivity contribution is -0.142. The molecule has 0 saturated carbocycles. The van der Waals surface area contributed by atoms with Crippen molar-refractivity contribution in [2.75, 3.05) is 5.32 Å². The molecule has 1 aromatic carbocycles. The number of ether oxygens (including phenoxy) is 1. The van der Waals surface area contributed by atoms with Gasteiger partial charge in [0.25, 0.3) is 0 Å². The zero-order chi connectivity index (χ0) is 13.3. The van der Waals surface area contributed by atoms with Crippen molar-refractivity contribution in [1.29, 1.82) is 0 Å². The number of benzene rings is 1. The molecular weight excluding hydrogens is 234 g/mol. The van der Waals surface area contributed by atoms with E-state index in [-0.39, 0.29) is 12.0 Å². The van der Waals surface area contributed by atoms with Crippen molar-refractivity contribution in [3.63, 3.8) is 0 Å². The number of nitrogens with one attached hydrogen (secondary N) is 1. The van der Waals surface area contributed by atoms with E-state index < -0.39 is 11.9 Å². The molecule has 0 bridgehead atoms. The number of hydrogen-bond donors (Lipinski definition) is 2. The molecule has 1 aliphatic heterocycles. The molecule has 1 aliphatic rings. The molecule has 0 saturated heterocycles. The molecule has 0 fully saturated rings. The van der Waals surface area contributed by atoms with E-state index >= 15 is 0 Å². The molecule has 5 nitrogen and oxygen atoms in total. The summed E-state index contributed by atoms with van der Waals surface area (Å²) in [5.41, 5.74) is 1.76. The van der Waals surface area contributed by atoms with Gasteiger partial charge in [0.15, 0.2) is 0 Å². The fourth-order valence-electron chi connectivity index (χ4n) is 2.16. The Bertz CT molecular complexity index is 498. The molecule has 0 aromatic heterocycles. The zero-order valence-electron chi connectivity index (χ0n) is 10.3. The summed E-state index contributed by atoms with van der Waals surface area (Å²) in [6.45, 7) is 3.18. The highest BCUT2D eigenvalue weighted by atomic mass is 16.5. The van der Waals surface area contributed by atoms with Gasteiger partial charge in [-0.15, -0.1) is 0 Å². The molecule has 0 radical (unpaired) electrons. The van der Waals surface area contributed by atoms with E-state index in [9.17, 15) is 9.59 Å². The van der Waals surface area contributed by atoms with Gasteiger partial charge in [-0.2, -0.15) is 0 Å². The Labute approximate surface area is 105 Å². The number of fused-ring (bicyclic) bond motifs is 1. The third-order valence-corrected chi connectivity index (χ3v) is 3.09. The van der Waals surface area contributed by atoms with Crippen LogP contribution in [0.15, 0.2) is 18.2 Å². The first-order valence-corrected chi connectivity index (χ1v) is 5.78. The minimum Gasteiger partial charge on any atom is -0.481 e. The first-order valence-electron chi connectivity index (χ1n) is 5.78. The summed E-state index contributed by atoms with van der Waals surface area (Å²) in [6, 6.07) is 5.05. The lowest BCUT2D eigenvalue weighted by atomic mass is 9.88. The van der Waals surface area contributed by atoms with E-state index in [1.165, 1.54) is 6.92 Å². The predicted molar refractivity (Wildman–Crippen MR) is 65.7 cm³/mol. The van der Waals surface area contributed by atoms with Gasteiger partial charge in [0.05, 0.1) is 5.92 Å². The Morgan fingerprint density at radius 1 is 1.44 bits per heavy atom. The fourth-order valence-corrected chi connectivity index (χ4v) is 2.16. The molecule has 2 atom stereocenters. The molecule has 1 aromatic rings. The second-order valence-electron chi connectivity index (χ2n) is 4.49. The average molecular weight is 249 g/mol. The van der Waals surface area contributed by atoms with Crippen molar-refractivity contribution in [3.05, 3.63) is 23.8 Å². The number of rotatable bonds is 2. The molecule has 2 rings (SSSR count). The summed E-state index contributed by atoms with van der Waals surface area (Å²) in [5.74, 6) is -1.14. The summed E-state index contributed by atoms with van der Waals surface area (Å²) in [6.07, 6.45) is 0.485. The van der Waals surface area contributed by atoms with Gasteiger partial charge >= 0.3 is 11.9 Å². The third-order valence-electron chi connectivity index (χ3n) is 3.09. The minimum absolute atomic E-state index is 0.150. The number of carbonyl (C=O) groups excluding carboxylic acids is 1.